The molecule has 0 amide bonds. The number of aliphatic carboxylic acids is 2. The molecule has 0 aromatic carbocycles. The van der Waals surface area contributed by atoms with Crippen molar-refractivity contribution < 1.29 is 19.8 Å². The van der Waals surface area contributed by atoms with Gasteiger partial charge in [0.2, 0.25) is 0 Å². The normalized spacial score (nSPS) is 5.60. The van der Waals surface area contributed by atoms with Gasteiger partial charge in [-0.15, -0.1) is 0 Å². The molecule has 0 aliphatic rings. The Bertz CT molecular complexity index is 89.8. The van der Waals surface area contributed by atoms with E-state index in [-0.39, 0.29) is 63.7 Å². The predicted molar refractivity (Wildman–Crippen MR) is 38.5 cm³/mol. The predicted octanol–water partition coefficient (Wildman–Crippen LogP) is 0.0655. The standard InChI is InChI=1S/C3H4O4.2CH3.Ba/c4-2(5)1-3(6)7;;;/h1H2,(H,4,5)(H,6,7);2*1H3;/q;2*-1;+2. The van der Waals surface area contributed by atoms with Gasteiger partial charge < -0.3 is 25.1 Å². The average molecular weight is 271 g/mol. The van der Waals surface area contributed by atoms with Crippen molar-refractivity contribution in [3.05, 3.63) is 14.9 Å². The topological polar surface area (TPSA) is 74.6 Å². The van der Waals surface area contributed by atoms with E-state index in [1.54, 1.807) is 0 Å². The first-order valence-electron chi connectivity index (χ1n) is 1.56. The maximum Gasteiger partial charge on any atom is 2.00 e. The Morgan fingerprint density at radius 3 is 1.20 bits per heavy atom. The van der Waals surface area contributed by atoms with Crippen molar-refractivity contribution in [1.29, 1.82) is 0 Å². The number of carboxylic acids is 2. The van der Waals surface area contributed by atoms with Crippen LogP contribution in [-0.4, -0.2) is 71.0 Å². The molecule has 0 aromatic rings. The van der Waals surface area contributed by atoms with Crippen molar-refractivity contribution >= 4 is 60.8 Å². The van der Waals surface area contributed by atoms with E-state index in [4.69, 9.17) is 10.2 Å². The van der Waals surface area contributed by atoms with E-state index in [0.29, 0.717) is 0 Å². The molecule has 0 spiro atoms. The summed E-state index contributed by atoms with van der Waals surface area (Å²) in [5.41, 5.74) is 0. The molecule has 56 valence electrons. The van der Waals surface area contributed by atoms with Crippen LogP contribution in [0.25, 0.3) is 0 Å². The van der Waals surface area contributed by atoms with Crippen LogP contribution in [-0.2, 0) is 9.59 Å². The van der Waals surface area contributed by atoms with Gasteiger partial charge >= 0.3 is 60.8 Å². The van der Waals surface area contributed by atoms with Crippen LogP contribution in [0.5, 0.6) is 0 Å². The van der Waals surface area contributed by atoms with E-state index < -0.39 is 18.4 Å². The van der Waals surface area contributed by atoms with Gasteiger partial charge in [0.25, 0.3) is 0 Å². The molecule has 0 unspecified atom stereocenters. The second kappa shape index (κ2) is 12.2. The van der Waals surface area contributed by atoms with Crippen LogP contribution in [0.3, 0.4) is 0 Å². The van der Waals surface area contributed by atoms with Crippen molar-refractivity contribution in [2.75, 3.05) is 0 Å². The van der Waals surface area contributed by atoms with Crippen LogP contribution in [0.15, 0.2) is 0 Å². The second-order valence-corrected chi connectivity index (χ2v) is 0.964. The molecule has 0 aliphatic heterocycles. The van der Waals surface area contributed by atoms with Crippen molar-refractivity contribution in [3.63, 3.8) is 0 Å². The van der Waals surface area contributed by atoms with Crippen LogP contribution < -0.4 is 0 Å². The Morgan fingerprint density at radius 1 is 1.00 bits per heavy atom. The van der Waals surface area contributed by atoms with Crippen molar-refractivity contribution in [1.82, 2.24) is 0 Å². The van der Waals surface area contributed by atoms with Crippen LogP contribution in [0.2, 0.25) is 0 Å². The quantitative estimate of drug-likeness (QED) is 0.423. The summed E-state index contributed by atoms with van der Waals surface area (Å²) in [6.45, 7) is 0. The van der Waals surface area contributed by atoms with Crippen molar-refractivity contribution in [3.8, 4) is 0 Å². The molecule has 0 aliphatic carbocycles. The third-order valence-corrected chi connectivity index (χ3v) is 0.302. The minimum atomic E-state index is -1.31. The Morgan fingerprint density at radius 2 is 1.20 bits per heavy atom. The summed E-state index contributed by atoms with van der Waals surface area (Å²) in [6, 6.07) is 0. The van der Waals surface area contributed by atoms with E-state index in [0.717, 1.165) is 0 Å². The molecule has 0 radical (unpaired) electrons. The molecule has 0 saturated carbocycles. The molecule has 5 heteroatoms. The third-order valence-electron chi connectivity index (χ3n) is 0.302. The van der Waals surface area contributed by atoms with E-state index in [1.807, 2.05) is 0 Å². The van der Waals surface area contributed by atoms with Gasteiger partial charge in [-0.25, -0.2) is 0 Å². The molecule has 0 atom stereocenters. The first-order valence-corrected chi connectivity index (χ1v) is 1.56. The Labute approximate surface area is 101 Å². The van der Waals surface area contributed by atoms with E-state index in [2.05, 4.69) is 0 Å². The van der Waals surface area contributed by atoms with Crippen LogP contribution in [0.1, 0.15) is 6.42 Å². The molecule has 0 heterocycles. The minimum absolute atomic E-state index is 0. The molecule has 0 rings (SSSR count). The van der Waals surface area contributed by atoms with Gasteiger partial charge in [-0.3, -0.25) is 9.59 Å². The summed E-state index contributed by atoms with van der Waals surface area (Å²) in [7, 11) is 0. The molecular weight excluding hydrogens is 261 g/mol. The SMILES string of the molecule is O=C(O)CC(=O)O.[Ba+2].[CH3-].[CH3-]. The Kier molecular flexibility index (Phi) is 27.4. The van der Waals surface area contributed by atoms with Crippen LogP contribution >= 0.6 is 0 Å². The van der Waals surface area contributed by atoms with Crippen LogP contribution in [0.4, 0.5) is 0 Å². The maximum absolute atomic E-state index is 9.43. The van der Waals surface area contributed by atoms with Gasteiger partial charge in [0, 0.05) is 0 Å². The van der Waals surface area contributed by atoms with Gasteiger partial charge in [-0.1, -0.05) is 0 Å². The summed E-state index contributed by atoms with van der Waals surface area (Å²) >= 11 is 0. The first-order chi connectivity index (χ1) is 3.13. The van der Waals surface area contributed by atoms with Gasteiger partial charge in [-0.2, -0.15) is 0 Å². The fourth-order valence-electron chi connectivity index (χ4n) is 0.129. The molecule has 0 saturated heterocycles. The fraction of sp³-hybridized carbons (Fsp3) is 0.200. The Balaban J connectivity index is -0.0000000600. The molecular formula is C5H10BaO4. The molecule has 0 fully saturated rings. The summed E-state index contributed by atoms with van der Waals surface area (Å²) in [4.78, 5) is 18.9. The zero-order valence-electron chi connectivity index (χ0n) is 6.13. The van der Waals surface area contributed by atoms with E-state index in [9.17, 15) is 9.59 Å². The summed E-state index contributed by atoms with van der Waals surface area (Å²) in [5, 5.41) is 15.4. The molecule has 0 aromatic heterocycles. The van der Waals surface area contributed by atoms with Gasteiger partial charge in [0.05, 0.1) is 0 Å². The van der Waals surface area contributed by atoms with E-state index >= 15 is 0 Å². The number of hydrogen-bond donors (Lipinski definition) is 2. The number of hydrogen-bond acceptors (Lipinski definition) is 2. The zero-order chi connectivity index (χ0) is 5.86. The number of carboxylic acid groups (broad SMARTS) is 2. The van der Waals surface area contributed by atoms with Gasteiger partial charge in [0.15, 0.2) is 0 Å². The Hall–Kier alpha value is 0.511. The first kappa shape index (κ1) is 22.4. The second-order valence-electron chi connectivity index (χ2n) is 0.964. The summed E-state index contributed by atoms with van der Waals surface area (Å²) in [6.07, 6.45) is -0.806. The zero-order valence-corrected chi connectivity index (χ0v) is 10.6. The molecule has 4 nitrogen and oxygen atoms in total. The fourth-order valence-corrected chi connectivity index (χ4v) is 0.129. The summed E-state index contributed by atoms with van der Waals surface area (Å²) < 4.78 is 0. The number of carbonyl (C=O) groups is 2. The van der Waals surface area contributed by atoms with Crippen molar-refractivity contribution in [2.45, 2.75) is 6.42 Å². The van der Waals surface area contributed by atoms with Crippen molar-refractivity contribution in [2.24, 2.45) is 0 Å². The summed E-state index contributed by atoms with van der Waals surface area (Å²) in [5.74, 6) is -2.62. The van der Waals surface area contributed by atoms with Crippen LogP contribution in [0, 0.1) is 14.9 Å². The third kappa shape index (κ3) is 23.6. The average Bonchev–Trinajstić information content (AvgIpc) is 1.27. The molecule has 2 N–H and O–H groups in total. The minimum Gasteiger partial charge on any atom is -0.481 e. The smallest absolute Gasteiger partial charge is 0.481 e. The molecule has 0 bridgehead atoms. The monoisotopic (exact) mass is 272 g/mol. The van der Waals surface area contributed by atoms with E-state index in [1.165, 1.54) is 0 Å². The number of rotatable bonds is 2. The van der Waals surface area contributed by atoms with Gasteiger partial charge in [0.1, 0.15) is 6.42 Å². The maximum atomic E-state index is 9.43. The molecule has 10 heavy (non-hydrogen) atoms. The largest absolute Gasteiger partial charge is 2.00 e. The van der Waals surface area contributed by atoms with Gasteiger partial charge in [-0.05, 0) is 0 Å².